The van der Waals surface area contributed by atoms with E-state index in [1.165, 1.54) is 17.8 Å². The zero-order valence-electron chi connectivity index (χ0n) is 14.6. The van der Waals surface area contributed by atoms with E-state index in [-0.39, 0.29) is 5.56 Å². The van der Waals surface area contributed by atoms with Crippen LogP contribution in [0, 0.1) is 0 Å². The lowest BCUT2D eigenvalue weighted by atomic mass is 10.1. The fourth-order valence-electron chi connectivity index (χ4n) is 2.34. The minimum atomic E-state index is -1.02. The van der Waals surface area contributed by atoms with Crippen molar-refractivity contribution in [2.24, 2.45) is 0 Å². The molecule has 3 rings (SSSR count). The van der Waals surface area contributed by atoms with Crippen LogP contribution >= 0.6 is 11.8 Å². The first-order chi connectivity index (χ1) is 13.2. The number of benzene rings is 2. The molecule has 0 radical (unpaired) electrons. The number of carboxylic acid groups (broad SMARTS) is 1. The number of thioether (sulfide) groups is 1. The van der Waals surface area contributed by atoms with Gasteiger partial charge in [-0.15, -0.1) is 10.2 Å². The molecule has 0 bridgehead atoms. The van der Waals surface area contributed by atoms with Crippen molar-refractivity contribution in [1.29, 1.82) is 0 Å². The lowest BCUT2D eigenvalue weighted by Crippen LogP contribution is -2.05. The van der Waals surface area contributed by atoms with E-state index in [9.17, 15) is 4.79 Å². The van der Waals surface area contributed by atoms with Crippen LogP contribution in [-0.4, -0.2) is 40.7 Å². The fraction of sp³-hybridized carbons (Fsp3) is 0.211. The summed E-state index contributed by atoms with van der Waals surface area (Å²) in [5, 5.41) is 17.6. The van der Waals surface area contributed by atoms with E-state index < -0.39 is 5.97 Å². The number of aromatic nitrogens is 2. The maximum atomic E-state index is 11.1. The first-order valence-electron chi connectivity index (χ1n) is 8.19. The molecule has 27 heavy (non-hydrogen) atoms. The molecule has 0 fully saturated rings. The summed E-state index contributed by atoms with van der Waals surface area (Å²) >= 11 is 1.36. The van der Waals surface area contributed by atoms with Crippen molar-refractivity contribution in [2.75, 3.05) is 19.5 Å². The molecule has 1 aromatic heterocycles. The third-order valence-electron chi connectivity index (χ3n) is 3.65. The Kier molecular flexibility index (Phi) is 6.32. The Bertz CT molecular complexity index is 895. The Labute approximate surface area is 160 Å². The molecule has 1 N–H and O–H groups in total. The van der Waals surface area contributed by atoms with Crippen LogP contribution in [0.15, 0.2) is 58.2 Å². The first kappa shape index (κ1) is 18.8. The van der Waals surface area contributed by atoms with Crippen LogP contribution in [0.1, 0.15) is 21.8 Å². The van der Waals surface area contributed by atoms with Crippen molar-refractivity contribution in [2.45, 2.75) is 11.6 Å². The second kappa shape index (κ2) is 9.09. The fourth-order valence-corrected chi connectivity index (χ4v) is 2.93. The molecular weight excluding hydrogens is 368 g/mol. The third kappa shape index (κ3) is 5.24. The average Bonchev–Trinajstić information content (AvgIpc) is 3.13. The second-order valence-electron chi connectivity index (χ2n) is 5.48. The van der Waals surface area contributed by atoms with E-state index in [1.54, 1.807) is 25.3 Å². The van der Waals surface area contributed by atoms with Crippen LogP contribution in [0.3, 0.4) is 0 Å². The maximum absolute atomic E-state index is 11.1. The molecule has 0 saturated carbocycles. The summed E-state index contributed by atoms with van der Waals surface area (Å²) in [5.74, 6) is 1.21. The van der Waals surface area contributed by atoms with Gasteiger partial charge in [-0.25, -0.2) is 4.79 Å². The van der Waals surface area contributed by atoms with Crippen molar-refractivity contribution in [1.82, 2.24) is 10.2 Å². The Morgan fingerprint density at radius 2 is 1.93 bits per heavy atom. The zero-order valence-corrected chi connectivity index (χ0v) is 15.4. The van der Waals surface area contributed by atoms with Crippen LogP contribution in [-0.2, 0) is 6.42 Å². The SMILES string of the molecule is COc1ccc(Cc2nnc(SCCOc3ccccc3C(=O)O)o2)cc1. The molecule has 140 valence electrons. The van der Waals surface area contributed by atoms with E-state index in [4.69, 9.17) is 19.0 Å². The summed E-state index contributed by atoms with van der Waals surface area (Å²) in [5.41, 5.74) is 1.19. The maximum Gasteiger partial charge on any atom is 0.339 e. The molecule has 0 atom stereocenters. The predicted octanol–water partition coefficient (Wildman–Crippen LogP) is 3.54. The lowest BCUT2D eigenvalue weighted by Gasteiger charge is -2.07. The van der Waals surface area contributed by atoms with Gasteiger partial charge in [0.15, 0.2) is 0 Å². The molecule has 8 heteroatoms. The van der Waals surface area contributed by atoms with Gasteiger partial charge < -0.3 is 19.0 Å². The normalized spacial score (nSPS) is 10.6. The van der Waals surface area contributed by atoms with Gasteiger partial charge in [-0.05, 0) is 29.8 Å². The summed E-state index contributed by atoms with van der Waals surface area (Å²) in [6.07, 6.45) is 0.542. The van der Waals surface area contributed by atoms with Gasteiger partial charge in [-0.3, -0.25) is 0 Å². The summed E-state index contributed by atoms with van der Waals surface area (Å²) in [6.45, 7) is 0.325. The summed E-state index contributed by atoms with van der Waals surface area (Å²) in [4.78, 5) is 11.1. The van der Waals surface area contributed by atoms with Gasteiger partial charge >= 0.3 is 5.97 Å². The van der Waals surface area contributed by atoms with Crippen LogP contribution in [0.5, 0.6) is 11.5 Å². The van der Waals surface area contributed by atoms with E-state index in [1.807, 2.05) is 24.3 Å². The predicted molar refractivity (Wildman–Crippen MR) is 99.7 cm³/mol. The van der Waals surface area contributed by atoms with E-state index in [2.05, 4.69) is 10.2 Å². The number of aromatic carboxylic acids is 1. The lowest BCUT2D eigenvalue weighted by molar-refractivity contribution is 0.0692. The number of rotatable bonds is 9. The number of nitrogens with zero attached hydrogens (tertiary/aromatic N) is 2. The highest BCUT2D eigenvalue weighted by molar-refractivity contribution is 7.99. The number of hydrogen-bond acceptors (Lipinski definition) is 7. The molecule has 0 aliphatic rings. The summed E-state index contributed by atoms with van der Waals surface area (Å²) < 4.78 is 16.3. The third-order valence-corrected chi connectivity index (χ3v) is 4.43. The van der Waals surface area contributed by atoms with Crippen molar-refractivity contribution in [3.63, 3.8) is 0 Å². The standard InChI is InChI=1S/C19H18N2O5S/c1-24-14-8-6-13(7-9-14)12-17-20-21-19(26-17)27-11-10-25-16-5-3-2-4-15(16)18(22)23/h2-9H,10-12H2,1H3,(H,22,23). The molecular formula is C19H18N2O5S. The molecule has 0 unspecified atom stereocenters. The van der Waals surface area contributed by atoms with Crippen LogP contribution < -0.4 is 9.47 Å². The molecule has 1 heterocycles. The quantitative estimate of drug-likeness (QED) is 0.441. The topological polar surface area (TPSA) is 94.7 Å². The molecule has 0 saturated heterocycles. The van der Waals surface area contributed by atoms with Crippen molar-refractivity contribution < 1.29 is 23.8 Å². The van der Waals surface area contributed by atoms with Gasteiger partial charge in [-0.2, -0.15) is 0 Å². The first-order valence-corrected chi connectivity index (χ1v) is 9.17. The number of carbonyl (C=O) groups is 1. The van der Waals surface area contributed by atoms with Crippen molar-refractivity contribution in [3.8, 4) is 11.5 Å². The van der Waals surface area contributed by atoms with Gasteiger partial charge in [0.2, 0.25) is 5.89 Å². The molecule has 2 aromatic carbocycles. The van der Waals surface area contributed by atoms with Crippen molar-refractivity contribution >= 4 is 17.7 Å². The highest BCUT2D eigenvalue weighted by Gasteiger charge is 2.11. The van der Waals surface area contributed by atoms with Crippen LogP contribution in [0.2, 0.25) is 0 Å². The number of hydrogen-bond donors (Lipinski definition) is 1. The van der Waals surface area contributed by atoms with Crippen LogP contribution in [0.25, 0.3) is 0 Å². The summed E-state index contributed by atoms with van der Waals surface area (Å²) in [7, 11) is 1.63. The van der Waals surface area contributed by atoms with E-state index >= 15 is 0 Å². The second-order valence-corrected chi connectivity index (χ2v) is 6.53. The van der Waals surface area contributed by atoms with E-state index in [0.29, 0.717) is 35.6 Å². The van der Waals surface area contributed by atoms with Crippen LogP contribution in [0.4, 0.5) is 0 Å². The number of ether oxygens (including phenoxy) is 2. The van der Waals surface area contributed by atoms with Gasteiger partial charge in [0.25, 0.3) is 5.22 Å². The smallest absolute Gasteiger partial charge is 0.339 e. The Morgan fingerprint density at radius 3 is 2.67 bits per heavy atom. The Hall–Kier alpha value is -3.00. The minimum Gasteiger partial charge on any atom is -0.497 e. The highest BCUT2D eigenvalue weighted by atomic mass is 32.2. The van der Waals surface area contributed by atoms with Gasteiger partial charge in [-0.1, -0.05) is 36.0 Å². The number of methoxy groups -OCH3 is 1. The highest BCUT2D eigenvalue weighted by Crippen LogP contribution is 2.21. The number of para-hydroxylation sites is 1. The zero-order chi connectivity index (χ0) is 19.1. The molecule has 3 aromatic rings. The average molecular weight is 386 g/mol. The van der Waals surface area contributed by atoms with E-state index in [0.717, 1.165) is 11.3 Å². The summed E-state index contributed by atoms with van der Waals surface area (Å²) in [6, 6.07) is 14.2. The molecule has 7 nitrogen and oxygen atoms in total. The monoisotopic (exact) mass is 386 g/mol. The van der Waals surface area contributed by atoms with Gasteiger partial charge in [0, 0.05) is 5.75 Å². The van der Waals surface area contributed by atoms with Crippen molar-refractivity contribution in [3.05, 3.63) is 65.5 Å². The Balaban J connectivity index is 1.48. The van der Waals surface area contributed by atoms with Gasteiger partial charge in [0.1, 0.15) is 17.1 Å². The van der Waals surface area contributed by atoms with Gasteiger partial charge in [0.05, 0.1) is 20.1 Å². The minimum absolute atomic E-state index is 0.141. The molecule has 0 amide bonds. The molecule has 0 spiro atoms. The molecule has 0 aliphatic heterocycles. The largest absolute Gasteiger partial charge is 0.497 e. The number of carboxylic acids is 1. The molecule has 0 aliphatic carbocycles. The Morgan fingerprint density at radius 1 is 1.15 bits per heavy atom.